The molecule has 0 radical (unpaired) electrons. The van der Waals surface area contributed by atoms with Gasteiger partial charge in [0.05, 0.1) is 11.3 Å². The lowest BCUT2D eigenvalue weighted by molar-refractivity contribution is 0.0697. The van der Waals surface area contributed by atoms with Crippen molar-refractivity contribution in [2.75, 3.05) is 18.5 Å². The zero-order chi connectivity index (χ0) is 12.3. The number of anilines is 1. The highest BCUT2D eigenvalue weighted by molar-refractivity contribution is 5.94. The average molecular weight is 238 g/mol. The van der Waals surface area contributed by atoms with Gasteiger partial charge in [-0.2, -0.15) is 0 Å². The van der Waals surface area contributed by atoms with E-state index in [4.69, 9.17) is 5.11 Å². The first-order chi connectivity index (χ1) is 8.16. The zero-order valence-electron chi connectivity index (χ0n) is 9.45. The van der Waals surface area contributed by atoms with Gasteiger partial charge in [0.2, 0.25) is 0 Å². The molecule has 0 saturated carbocycles. The fourth-order valence-electron chi connectivity index (χ4n) is 1.97. The van der Waals surface area contributed by atoms with E-state index in [0.29, 0.717) is 5.69 Å². The minimum atomic E-state index is -1.12. The molecule has 1 aliphatic heterocycles. The van der Waals surface area contributed by atoms with Crippen molar-refractivity contribution in [2.24, 2.45) is 0 Å². The van der Waals surface area contributed by atoms with Crippen LogP contribution in [-0.2, 0) is 0 Å². The predicted octanol–water partition coefficient (Wildman–Crippen LogP) is 2.34. The number of piperidine rings is 1. The first-order valence-corrected chi connectivity index (χ1v) is 5.71. The second-order valence-corrected chi connectivity index (χ2v) is 4.15. The smallest absolute Gasteiger partial charge is 0.337 e. The summed E-state index contributed by atoms with van der Waals surface area (Å²) in [6, 6.07) is 3.76. The molecule has 0 atom stereocenters. The largest absolute Gasteiger partial charge is 0.478 e. The molecule has 4 nitrogen and oxygen atoms in total. The van der Waals surface area contributed by atoms with Crippen LogP contribution < -0.4 is 5.43 Å². The third kappa shape index (κ3) is 2.94. The molecule has 1 aromatic carbocycles. The lowest BCUT2D eigenvalue weighted by atomic mass is 10.1. The standard InChI is InChI=1S/C12H15FN2O2/c13-9-4-5-11(10(8-9)12(16)17)14-15-6-2-1-3-7-15/h4-5,8,14H,1-3,6-7H2,(H,16,17). The second kappa shape index (κ2) is 5.14. The van der Waals surface area contributed by atoms with E-state index in [9.17, 15) is 9.18 Å². The van der Waals surface area contributed by atoms with Crippen LogP contribution in [0, 0.1) is 5.82 Å². The van der Waals surface area contributed by atoms with Crippen LogP contribution in [0.3, 0.4) is 0 Å². The summed E-state index contributed by atoms with van der Waals surface area (Å²) in [5, 5.41) is 11.0. The molecule has 1 saturated heterocycles. The molecule has 0 aliphatic carbocycles. The molecule has 17 heavy (non-hydrogen) atoms. The van der Waals surface area contributed by atoms with E-state index >= 15 is 0 Å². The number of carboxylic acids is 1. The number of hydrogen-bond donors (Lipinski definition) is 2. The summed E-state index contributed by atoms with van der Waals surface area (Å²) in [6.07, 6.45) is 3.39. The topological polar surface area (TPSA) is 52.6 Å². The summed E-state index contributed by atoms with van der Waals surface area (Å²) in [5.41, 5.74) is 3.46. The quantitative estimate of drug-likeness (QED) is 0.848. The predicted molar refractivity (Wildman–Crippen MR) is 62.4 cm³/mol. The van der Waals surface area contributed by atoms with Crippen LogP contribution in [0.25, 0.3) is 0 Å². The molecule has 2 N–H and O–H groups in total. The second-order valence-electron chi connectivity index (χ2n) is 4.15. The molecule has 1 heterocycles. The Morgan fingerprint density at radius 3 is 2.65 bits per heavy atom. The fraction of sp³-hybridized carbons (Fsp3) is 0.417. The van der Waals surface area contributed by atoms with Crippen LogP contribution in [0.4, 0.5) is 10.1 Å². The highest BCUT2D eigenvalue weighted by Gasteiger charge is 2.15. The number of benzene rings is 1. The van der Waals surface area contributed by atoms with E-state index in [-0.39, 0.29) is 5.56 Å². The van der Waals surface area contributed by atoms with Crippen molar-refractivity contribution < 1.29 is 14.3 Å². The highest BCUT2D eigenvalue weighted by Crippen LogP contribution is 2.19. The molecular formula is C12H15FN2O2. The summed E-state index contributed by atoms with van der Waals surface area (Å²) in [6.45, 7) is 1.77. The number of hydrazine groups is 1. The first-order valence-electron chi connectivity index (χ1n) is 5.71. The molecule has 0 amide bonds. The molecule has 5 heteroatoms. The molecule has 1 aliphatic rings. The van der Waals surface area contributed by atoms with Gasteiger partial charge in [-0.15, -0.1) is 0 Å². The summed E-state index contributed by atoms with van der Waals surface area (Å²) < 4.78 is 13.0. The Balaban J connectivity index is 2.16. The Kier molecular flexibility index (Phi) is 3.58. The molecule has 0 aromatic heterocycles. The summed E-state index contributed by atoms with van der Waals surface area (Å²) in [4.78, 5) is 11.0. The van der Waals surface area contributed by atoms with Crippen molar-refractivity contribution in [1.29, 1.82) is 0 Å². The number of carbonyl (C=O) groups is 1. The van der Waals surface area contributed by atoms with Crippen molar-refractivity contribution in [3.05, 3.63) is 29.6 Å². The lowest BCUT2D eigenvalue weighted by Gasteiger charge is -2.28. The summed E-state index contributed by atoms with van der Waals surface area (Å²) >= 11 is 0. The fourth-order valence-corrected chi connectivity index (χ4v) is 1.97. The number of nitrogens with one attached hydrogen (secondary N) is 1. The van der Waals surface area contributed by atoms with Gasteiger partial charge in [0.1, 0.15) is 5.82 Å². The normalized spacial score (nSPS) is 16.8. The maximum atomic E-state index is 13.0. The Bertz CT molecular complexity index is 417. The molecular weight excluding hydrogens is 223 g/mol. The minimum absolute atomic E-state index is 0.0319. The van der Waals surface area contributed by atoms with Crippen molar-refractivity contribution in [2.45, 2.75) is 19.3 Å². The van der Waals surface area contributed by atoms with E-state index in [1.54, 1.807) is 0 Å². The van der Waals surface area contributed by atoms with Crippen molar-refractivity contribution in [3.63, 3.8) is 0 Å². The van der Waals surface area contributed by atoms with E-state index in [1.807, 2.05) is 5.01 Å². The van der Waals surface area contributed by atoms with Gasteiger partial charge in [-0.3, -0.25) is 0 Å². The SMILES string of the molecule is O=C(O)c1cc(F)ccc1NN1CCCCC1. The summed E-state index contributed by atoms with van der Waals surface area (Å²) in [7, 11) is 0. The number of carboxylic acid groups (broad SMARTS) is 1. The number of rotatable bonds is 3. The molecule has 0 spiro atoms. The van der Waals surface area contributed by atoms with Crippen LogP contribution in [0.5, 0.6) is 0 Å². The average Bonchev–Trinajstić information content (AvgIpc) is 2.32. The molecule has 0 unspecified atom stereocenters. The van der Waals surface area contributed by atoms with Crippen LogP contribution in [-0.4, -0.2) is 29.2 Å². The van der Waals surface area contributed by atoms with E-state index < -0.39 is 11.8 Å². The van der Waals surface area contributed by atoms with Gasteiger partial charge in [-0.1, -0.05) is 6.42 Å². The first kappa shape index (κ1) is 11.9. The molecule has 0 bridgehead atoms. The van der Waals surface area contributed by atoms with E-state index in [2.05, 4.69) is 5.43 Å². The van der Waals surface area contributed by atoms with Crippen LogP contribution >= 0.6 is 0 Å². The number of aromatic carboxylic acids is 1. The van der Waals surface area contributed by atoms with Crippen LogP contribution in [0.1, 0.15) is 29.6 Å². The van der Waals surface area contributed by atoms with Crippen LogP contribution in [0.15, 0.2) is 18.2 Å². The zero-order valence-corrected chi connectivity index (χ0v) is 9.45. The van der Waals surface area contributed by atoms with Gasteiger partial charge < -0.3 is 10.5 Å². The Labute approximate surface area is 99.0 Å². The molecule has 2 rings (SSSR count). The lowest BCUT2D eigenvalue weighted by Crippen LogP contribution is -2.35. The van der Waals surface area contributed by atoms with Gasteiger partial charge in [-0.05, 0) is 31.0 Å². The van der Waals surface area contributed by atoms with E-state index in [1.165, 1.54) is 18.6 Å². The molecule has 1 fully saturated rings. The summed E-state index contributed by atoms with van der Waals surface area (Å²) in [5.74, 6) is -1.66. The third-order valence-corrected chi connectivity index (χ3v) is 2.85. The maximum absolute atomic E-state index is 13.0. The maximum Gasteiger partial charge on any atom is 0.337 e. The molecule has 1 aromatic rings. The Hall–Kier alpha value is -1.62. The minimum Gasteiger partial charge on any atom is -0.478 e. The van der Waals surface area contributed by atoms with Crippen molar-refractivity contribution in [1.82, 2.24) is 5.01 Å². The number of halogens is 1. The third-order valence-electron chi connectivity index (χ3n) is 2.85. The van der Waals surface area contributed by atoms with Crippen molar-refractivity contribution >= 4 is 11.7 Å². The Morgan fingerprint density at radius 2 is 2.00 bits per heavy atom. The van der Waals surface area contributed by atoms with Gasteiger partial charge >= 0.3 is 5.97 Å². The van der Waals surface area contributed by atoms with Gasteiger partial charge in [0, 0.05) is 13.1 Å². The van der Waals surface area contributed by atoms with Gasteiger partial charge in [-0.25, -0.2) is 14.2 Å². The van der Waals surface area contributed by atoms with Gasteiger partial charge in [0.15, 0.2) is 0 Å². The van der Waals surface area contributed by atoms with Gasteiger partial charge in [0.25, 0.3) is 0 Å². The van der Waals surface area contributed by atoms with E-state index in [0.717, 1.165) is 32.0 Å². The number of nitrogens with zero attached hydrogens (tertiary/aromatic N) is 1. The Morgan fingerprint density at radius 1 is 1.29 bits per heavy atom. The monoisotopic (exact) mass is 238 g/mol. The molecule has 92 valence electrons. The van der Waals surface area contributed by atoms with Crippen LogP contribution in [0.2, 0.25) is 0 Å². The highest BCUT2D eigenvalue weighted by atomic mass is 19.1. The van der Waals surface area contributed by atoms with Crippen molar-refractivity contribution in [3.8, 4) is 0 Å². The number of hydrogen-bond acceptors (Lipinski definition) is 3.